The number of guanidine groups is 1. The molecule has 0 saturated carbocycles. The van der Waals surface area contributed by atoms with Crippen molar-refractivity contribution in [1.29, 1.82) is 0 Å². The highest BCUT2D eigenvalue weighted by molar-refractivity contribution is 5.78. The molecule has 0 amide bonds. The molecule has 1 aliphatic heterocycles. The van der Waals surface area contributed by atoms with Gasteiger partial charge in [-0.1, -0.05) is 43.3 Å². The Bertz CT molecular complexity index is 525. The molecule has 0 aliphatic carbocycles. The van der Waals surface area contributed by atoms with Crippen LogP contribution in [0, 0.1) is 5.92 Å². The van der Waals surface area contributed by atoms with E-state index < -0.39 is 0 Å². The lowest BCUT2D eigenvalue weighted by Crippen LogP contribution is -2.32. The zero-order chi connectivity index (χ0) is 16.7. The molecule has 1 aromatic carbocycles. The summed E-state index contributed by atoms with van der Waals surface area (Å²) in [7, 11) is 0. The number of nitrogens with one attached hydrogen (secondary N) is 1. The van der Waals surface area contributed by atoms with Crippen LogP contribution < -0.4 is 11.1 Å². The van der Waals surface area contributed by atoms with Crippen LogP contribution in [0.5, 0.6) is 0 Å². The van der Waals surface area contributed by atoms with Crippen molar-refractivity contribution in [3.63, 3.8) is 0 Å². The van der Waals surface area contributed by atoms with Gasteiger partial charge in [0, 0.05) is 13.1 Å². The van der Waals surface area contributed by atoms with Gasteiger partial charge in [0.05, 0.1) is 6.54 Å². The van der Waals surface area contributed by atoms with Gasteiger partial charge in [-0.3, -0.25) is 4.90 Å². The van der Waals surface area contributed by atoms with Crippen LogP contribution in [0.25, 0.3) is 0 Å². The minimum atomic E-state index is 0.472. The highest BCUT2D eigenvalue weighted by Gasteiger charge is 2.15. The van der Waals surface area contributed by atoms with E-state index in [9.17, 15) is 0 Å². The van der Waals surface area contributed by atoms with Crippen molar-refractivity contribution < 1.29 is 0 Å². The van der Waals surface area contributed by atoms with E-state index in [2.05, 4.69) is 53.0 Å². The number of hydrogen-bond acceptors (Lipinski definition) is 2. The molecule has 0 atom stereocenters. The molecule has 0 radical (unpaired) electrons. The van der Waals surface area contributed by atoms with Crippen molar-refractivity contribution in [3.05, 3.63) is 47.5 Å². The summed E-state index contributed by atoms with van der Waals surface area (Å²) in [4.78, 5) is 6.90. The van der Waals surface area contributed by atoms with E-state index >= 15 is 0 Å². The highest BCUT2D eigenvalue weighted by atomic mass is 15.1. The number of aliphatic imine (C=N–C) groups is 1. The number of nitrogens with zero attached hydrogens (tertiary/aromatic N) is 2. The molecule has 0 unspecified atom stereocenters. The van der Waals surface area contributed by atoms with E-state index in [1.165, 1.54) is 37.1 Å². The minimum absolute atomic E-state index is 0.472. The molecule has 1 saturated heterocycles. The van der Waals surface area contributed by atoms with Gasteiger partial charge >= 0.3 is 0 Å². The van der Waals surface area contributed by atoms with Gasteiger partial charge in [0.25, 0.3) is 0 Å². The monoisotopic (exact) mass is 314 g/mol. The Morgan fingerprint density at radius 1 is 1.26 bits per heavy atom. The zero-order valence-corrected chi connectivity index (χ0v) is 14.5. The molecular weight excluding hydrogens is 284 g/mol. The van der Waals surface area contributed by atoms with Crippen molar-refractivity contribution >= 4 is 5.96 Å². The van der Waals surface area contributed by atoms with Gasteiger partial charge in [-0.05, 0) is 49.9 Å². The fourth-order valence-corrected chi connectivity index (χ4v) is 2.70. The fourth-order valence-electron chi connectivity index (χ4n) is 2.70. The summed E-state index contributed by atoms with van der Waals surface area (Å²) in [5, 5.41) is 3.04. The minimum Gasteiger partial charge on any atom is -0.370 e. The number of piperidine rings is 1. The summed E-state index contributed by atoms with van der Waals surface area (Å²) in [6.45, 7) is 12.9. The van der Waals surface area contributed by atoms with Crippen molar-refractivity contribution in [2.75, 3.05) is 19.6 Å². The second-order valence-corrected chi connectivity index (χ2v) is 6.79. The smallest absolute Gasteiger partial charge is 0.189 e. The first-order valence-electron chi connectivity index (χ1n) is 8.51. The van der Waals surface area contributed by atoms with E-state index in [1.807, 2.05) is 6.92 Å². The third kappa shape index (κ3) is 6.45. The summed E-state index contributed by atoms with van der Waals surface area (Å²) in [5.74, 6) is 1.36. The van der Waals surface area contributed by atoms with E-state index in [0.717, 1.165) is 18.0 Å². The molecule has 0 aromatic heterocycles. The molecular formula is C19H30N4. The maximum absolute atomic E-state index is 5.83. The number of rotatable bonds is 6. The van der Waals surface area contributed by atoms with E-state index in [4.69, 9.17) is 5.73 Å². The molecule has 2 rings (SSSR count). The lowest BCUT2D eigenvalue weighted by Gasteiger charge is -2.30. The van der Waals surface area contributed by atoms with Crippen LogP contribution in [0.15, 0.2) is 41.4 Å². The largest absolute Gasteiger partial charge is 0.370 e. The Kier molecular flexibility index (Phi) is 6.66. The van der Waals surface area contributed by atoms with E-state index in [-0.39, 0.29) is 0 Å². The second-order valence-electron chi connectivity index (χ2n) is 6.79. The topological polar surface area (TPSA) is 53.6 Å². The lowest BCUT2D eigenvalue weighted by atomic mass is 9.99. The summed E-state index contributed by atoms with van der Waals surface area (Å²) < 4.78 is 0. The molecule has 0 bridgehead atoms. The average Bonchev–Trinajstić information content (AvgIpc) is 2.54. The number of nitrogens with two attached hydrogens (primary N) is 1. The van der Waals surface area contributed by atoms with Crippen LogP contribution in [-0.2, 0) is 13.1 Å². The molecule has 126 valence electrons. The first-order valence-corrected chi connectivity index (χ1v) is 8.51. The Morgan fingerprint density at radius 2 is 1.87 bits per heavy atom. The maximum atomic E-state index is 5.83. The Labute approximate surface area is 140 Å². The molecule has 4 heteroatoms. The molecule has 0 spiro atoms. The van der Waals surface area contributed by atoms with E-state index in [0.29, 0.717) is 19.0 Å². The fraction of sp³-hybridized carbons (Fsp3) is 0.526. The molecule has 1 aromatic rings. The lowest BCUT2D eigenvalue weighted by molar-refractivity contribution is 0.185. The summed E-state index contributed by atoms with van der Waals surface area (Å²) in [6.07, 6.45) is 2.65. The average molecular weight is 314 g/mol. The summed E-state index contributed by atoms with van der Waals surface area (Å²) >= 11 is 0. The van der Waals surface area contributed by atoms with E-state index in [1.54, 1.807) is 0 Å². The normalized spacial score (nSPS) is 17.2. The maximum Gasteiger partial charge on any atom is 0.189 e. The number of likely N-dealkylation sites (tertiary alicyclic amines) is 1. The predicted octanol–water partition coefficient (Wildman–Crippen LogP) is 2.90. The van der Waals surface area contributed by atoms with Gasteiger partial charge in [0.2, 0.25) is 0 Å². The van der Waals surface area contributed by atoms with Crippen LogP contribution in [0.3, 0.4) is 0 Å². The van der Waals surface area contributed by atoms with Crippen LogP contribution in [0.1, 0.15) is 37.8 Å². The van der Waals surface area contributed by atoms with Gasteiger partial charge < -0.3 is 11.1 Å². The van der Waals surface area contributed by atoms with Gasteiger partial charge in [-0.15, -0.1) is 0 Å². The molecule has 3 N–H and O–H groups in total. The summed E-state index contributed by atoms with van der Waals surface area (Å²) in [5.41, 5.74) is 9.42. The first kappa shape index (κ1) is 17.5. The van der Waals surface area contributed by atoms with Crippen LogP contribution in [-0.4, -0.2) is 30.5 Å². The van der Waals surface area contributed by atoms with Crippen LogP contribution >= 0.6 is 0 Å². The molecule has 1 heterocycles. The quantitative estimate of drug-likeness (QED) is 0.482. The Balaban J connectivity index is 1.80. The molecule has 1 aliphatic rings. The van der Waals surface area contributed by atoms with Crippen LogP contribution in [0.4, 0.5) is 0 Å². The van der Waals surface area contributed by atoms with Crippen molar-refractivity contribution in [2.45, 2.75) is 39.8 Å². The SMILES string of the molecule is C=C(C)CNC(N)=NCc1ccc(CN2CCC(C)CC2)cc1. The standard InChI is InChI=1S/C19H30N4/c1-15(2)12-21-19(20)22-13-17-4-6-18(7-5-17)14-23-10-8-16(3)9-11-23/h4-7,16H,1,8-14H2,2-3H3,(H3,20,21,22). The highest BCUT2D eigenvalue weighted by Crippen LogP contribution is 2.18. The third-order valence-corrected chi connectivity index (χ3v) is 4.31. The van der Waals surface area contributed by atoms with Crippen molar-refractivity contribution in [2.24, 2.45) is 16.6 Å². The zero-order valence-electron chi connectivity index (χ0n) is 14.5. The number of hydrogen-bond donors (Lipinski definition) is 2. The first-order chi connectivity index (χ1) is 11.0. The van der Waals surface area contributed by atoms with Gasteiger partial charge in [0.1, 0.15) is 0 Å². The van der Waals surface area contributed by atoms with Gasteiger partial charge in [-0.25, -0.2) is 4.99 Å². The Morgan fingerprint density at radius 3 is 2.48 bits per heavy atom. The molecule has 1 fully saturated rings. The van der Waals surface area contributed by atoms with Gasteiger partial charge in [-0.2, -0.15) is 0 Å². The molecule has 4 nitrogen and oxygen atoms in total. The third-order valence-electron chi connectivity index (χ3n) is 4.31. The Hall–Kier alpha value is -1.81. The predicted molar refractivity (Wildman–Crippen MR) is 98.3 cm³/mol. The van der Waals surface area contributed by atoms with Gasteiger partial charge in [0.15, 0.2) is 5.96 Å². The molecule has 23 heavy (non-hydrogen) atoms. The van der Waals surface area contributed by atoms with Crippen molar-refractivity contribution in [3.8, 4) is 0 Å². The second kappa shape index (κ2) is 8.73. The van der Waals surface area contributed by atoms with Crippen molar-refractivity contribution in [1.82, 2.24) is 10.2 Å². The summed E-state index contributed by atoms with van der Waals surface area (Å²) in [6, 6.07) is 8.72. The number of benzene rings is 1. The van der Waals surface area contributed by atoms with Crippen LogP contribution in [0.2, 0.25) is 0 Å².